The van der Waals surface area contributed by atoms with E-state index in [9.17, 15) is 8.42 Å². The van der Waals surface area contributed by atoms with Gasteiger partial charge in [0.2, 0.25) is 0 Å². The standard InChI is InChI=1S/C17H24N4O2S/c22-24(23,20-10-4-1-5-11-20)21-12-8-14(9-13-21)17-18-15-6-2-3-7-16(15)19-17/h2-3,6-7,14H,1,4-5,8-13H2,(H,18,19). The number of piperidine rings is 2. The van der Waals surface area contributed by atoms with E-state index in [2.05, 4.69) is 9.97 Å². The molecule has 1 N–H and O–H groups in total. The lowest BCUT2D eigenvalue weighted by atomic mass is 9.97. The molecule has 4 rings (SSSR count). The molecule has 0 amide bonds. The summed E-state index contributed by atoms with van der Waals surface area (Å²) < 4.78 is 28.8. The van der Waals surface area contributed by atoms with E-state index in [4.69, 9.17) is 0 Å². The monoisotopic (exact) mass is 348 g/mol. The summed E-state index contributed by atoms with van der Waals surface area (Å²) in [6.45, 7) is 2.51. The highest BCUT2D eigenvalue weighted by Crippen LogP contribution is 2.30. The minimum atomic E-state index is -3.28. The first kappa shape index (κ1) is 16.1. The van der Waals surface area contributed by atoms with E-state index in [1.807, 2.05) is 24.3 Å². The molecule has 2 aromatic rings. The molecule has 2 aliphatic rings. The maximum atomic E-state index is 12.8. The number of nitrogens with one attached hydrogen (secondary N) is 1. The van der Waals surface area contributed by atoms with Crippen LogP contribution in [0, 0.1) is 0 Å². The molecule has 6 nitrogen and oxygen atoms in total. The van der Waals surface area contributed by atoms with Gasteiger partial charge in [0.25, 0.3) is 10.2 Å². The van der Waals surface area contributed by atoms with E-state index >= 15 is 0 Å². The summed E-state index contributed by atoms with van der Waals surface area (Å²) in [5.41, 5.74) is 2.03. The summed E-state index contributed by atoms with van der Waals surface area (Å²) in [6, 6.07) is 8.02. The second-order valence-electron chi connectivity index (χ2n) is 6.78. The minimum absolute atomic E-state index is 0.310. The summed E-state index contributed by atoms with van der Waals surface area (Å²) in [6.07, 6.45) is 4.75. The van der Waals surface area contributed by atoms with Crippen LogP contribution in [0.5, 0.6) is 0 Å². The number of nitrogens with zero attached hydrogens (tertiary/aromatic N) is 3. The van der Waals surface area contributed by atoms with Crippen LogP contribution >= 0.6 is 0 Å². The van der Waals surface area contributed by atoms with Crippen LogP contribution in [0.4, 0.5) is 0 Å². The fraction of sp³-hybridized carbons (Fsp3) is 0.588. The number of para-hydroxylation sites is 2. The Hall–Kier alpha value is -1.44. The third-order valence-corrected chi connectivity index (χ3v) is 7.25. The van der Waals surface area contributed by atoms with Crippen molar-refractivity contribution >= 4 is 21.2 Å². The van der Waals surface area contributed by atoms with Gasteiger partial charge < -0.3 is 4.98 Å². The average Bonchev–Trinajstić information content (AvgIpc) is 3.07. The molecule has 7 heteroatoms. The average molecular weight is 348 g/mol. The number of imidazole rings is 1. The molecule has 3 heterocycles. The highest BCUT2D eigenvalue weighted by molar-refractivity contribution is 7.86. The van der Waals surface area contributed by atoms with Crippen LogP contribution in [0.3, 0.4) is 0 Å². The molecule has 0 bridgehead atoms. The summed E-state index contributed by atoms with van der Waals surface area (Å²) in [7, 11) is -3.28. The summed E-state index contributed by atoms with van der Waals surface area (Å²) in [4.78, 5) is 8.07. The predicted molar refractivity (Wildman–Crippen MR) is 94.0 cm³/mol. The lowest BCUT2D eigenvalue weighted by Gasteiger charge is -2.35. The van der Waals surface area contributed by atoms with Gasteiger partial charge in [0.15, 0.2) is 0 Å². The number of fused-ring (bicyclic) bond motifs is 1. The number of rotatable bonds is 3. The second kappa shape index (κ2) is 6.46. The van der Waals surface area contributed by atoms with Crippen LogP contribution in [0.2, 0.25) is 0 Å². The molecule has 24 heavy (non-hydrogen) atoms. The van der Waals surface area contributed by atoms with E-state index in [-0.39, 0.29) is 0 Å². The number of hydrogen-bond donors (Lipinski definition) is 1. The molecule has 0 spiro atoms. The Morgan fingerprint density at radius 1 is 0.958 bits per heavy atom. The van der Waals surface area contributed by atoms with E-state index in [0.29, 0.717) is 32.1 Å². The van der Waals surface area contributed by atoms with Crippen molar-refractivity contribution in [2.24, 2.45) is 0 Å². The van der Waals surface area contributed by atoms with Crippen molar-refractivity contribution in [2.75, 3.05) is 26.2 Å². The maximum absolute atomic E-state index is 12.8. The Morgan fingerprint density at radius 3 is 2.33 bits per heavy atom. The highest BCUT2D eigenvalue weighted by Gasteiger charge is 2.34. The molecule has 0 unspecified atom stereocenters. The van der Waals surface area contributed by atoms with Crippen molar-refractivity contribution in [3.05, 3.63) is 30.1 Å². The van der Waals surface area contributed by atoms with Crippen LogP contribution in [0.25, 0.3) is 11.0 Å². The van der Waals surface area contributed by atoms with Gasteiger partial charge in [0.1, 0.15) is 5.82 Å². The minimum Gasteiger partial charge on any atom is -0.342 e. The smallest absolute Gasteiger partial charge is 0.281 e. The van der Waals surface area contributed by atoms with Crippen LogP contribution in [-0.2, 0) is 10.2 Å². The SMILES string of the molecule is O=S(=O)(N1CCCCC1)N1CCC(c2nc3ccccc3[nH]2)CC1. The summed E-state index contributed by atoms with van der Waals surface area (Å²) in [5, 5.41) is 0. The zero-order valence-electron chi connectivity index (χ0n) is 13.8. The topological polar surface area (TPSA) is 69.3 Å². The molecule has 0 atom stereocenters. The summed E-state index contributed by atoms with van der Waals surface area (Å²) >= 11 is 0. The van der Waals surface area contributed by atoms with Crippen LogP contribution in [0.15, 0.2) is 24.3 Å². The molecule has 130 valence electrons. The second-order valence-corrected chi connectivity index (χ2v) is 8.71. The molecular formula is C17H24N4O2S. The predicted octanol–water partition coefficient (Wildman–Crippen LogP) is 2.47. The normalized spacial score (nSPS) is 22.2. The Balaban J connectivity index is 1.44. The molecule has 0 aliphatic carbocycles. The highest BCUT2D eigenvalue weighted by atomic mass is 32.2. The molecule has 1 aromatic carbocycles. The van der Waals surface area contributed by atoms with Crippen molar-refractivity contribution in [2.45, 2.75) is 38.0 Å². The fourth-order valence-corrected chi connectivity index (χ4v) is 5.50. The largest absolute Gasteiger partial charge is 0.342 e. The lowest BCUT2D eigenvalue weighted by molar-refractivity contribution is 0.268. The Labute approximate surface area is 143 Å². The van der Waals surface area contributed by atoms with Gasteiger partial charge in [-0.1, -0.05) is 18.6 Å². The van der Waals surface area contributed by atoms with Crippen LogP contribution < -0.4 is 0 Å². The van der Waals surface area contributed by atoms with E-state index in [0.717, 1.165) is 49.0 Å². The van der Waals surface area contributed by atoms with E-state index < -0.39 is 10.2 Å². The Morgan fingerprint density at radius 2 is 1.62 bits per heavy atom. The van der Waals surface area contributed by atoms with Gasteiger partial charge in [-0.3, -0.25) is 0 Å². The first-order valence-electron chi connectivity index (χ1n) is 8.84. The molecule has 2 aliphatic heterocycles. The first-order chi connectivity index (χ1) is 11.6. The molecule has 0 radical (unpaired) electrons. The van der Waals surface area contributed by atoms with Gasteiger partial charge in [0, 0.05) is 32.1 Å². The molecular weight excluding hydrogens is 324 g/mol. The zero-order chi connectivity index (χ0) is 16.6. The summed E-state index contributed by atoms with van der Waals surface area (Å²) in [5.74, 6) is 1.30. The van der Waals surface area contributed by atoms with Crippen molar-refractivity contribution in [1.82, 2.24) is 18.6 Å². The van der Waals surface area contributed by atoms with Gasteiger partial charge in [0.05, 0.1) is 11.0 Å². The molecule has 2 fully saturated rings. The number of aromatic nitrogens is 2. The third kappa shape index (κ3) is 2.96. The van der Waals surface area contributed by atoms with Gasteiger partial charge in [-0.25, -0.2) is 4.98 Å². The first-order valence-corrected chi connectivity index (χ1v) is 10.2. The number of hydrogen-bond acceptors (Lipinski definition) is 3. The quantitative estimate of drug-likeness (QED) is 0.926. The Bertz CT molecular complexity index is 770. The number of aromatic amines is 1. The van der Waals surface area contributed by atoms with Crippen LogP contribution in [-0.4, -0.2) is 53.2 Å². The van der Waals surface area contributed by atoms with Gasteiger partial charge in [-0.05, 0) is 37.8 Å². The van der Waals surface area contributed by atoms with Crippen molar-refractivity contribution < 1.29 is 8.42 Å². The van der Waals surface area contributed by atoms with E-state index in [1.54, 1.807) is 8.61 Å². The fourth-order valence-electron chi connectivity index (χ4n) is 3.78. The Kier molecular flexibility index (Phi) is 4.32. The van der Waals surface area contributed by atoms with Gasteiger partial charge in [-0.2, -0.15) is 17.0 Å². The molecule has 0 saturated carbocycles. The van der Waals surface area contributed by atoms with Crippen molar-refractivity contribution in [3.63, 3.8) is 0 Å². The number of H-pyrrole nitrogens is 1. The number of benzene rings is 1. The van der Waals surface area contributed by atoms with Crippen LogP contribution in [0.1, 0.15) is 43.8 Å². The third-order valence-electron chi connectivity index (χ3n) is 5.22. The van der Waals surface area contributed by atoms with Gasteiger partial charge in [-0.15, -0.1) is 0 Å². The van der Waals surface area contributed by atoms with Crippen molar-refractivity contribution in [3.8, 4) is 0 Å². The van der Waals surface area contributed by atoms with E-state index in [1.165, 1.54) is 0 Å². The lowest BCUT2D eigenvalue weighted by Crippen LogP contribution is -2.48. The molecule has 1 aromatic heterocycles. The zero-order valence-corrected chi connectivity index (χ0v) is 14.6. The van der Waals surface area contributed by atoms with Gasteiger partial charge >= 0.3 is 0 Å². The van der Waals surface area contributed by atoms with Crippen molar-refractivity contribution in [1.29, 1.82) is 0 Å². The molecule has 2 saturated heterocycles. The maximum Gasteiger partial charge on any atom is 0.281 e.